The van der Waals surface area contributed by atoms with Crippen molar-refractivity contribution in [1.82, 2.24) is 20.2 Å². The number of aliphatic carboxylic acids is 1. The summed E-state index contributed by atoms with van der Waals surface area (Å²) in [5.74, 6) is -2.01. The standard InChI is InChI=1S/C15H17N5O4/c1-15(2)11(12(15)14(22)23)13(21)17-8-4-5-9(10(6-8)24-3)20-7-16-18-19-20/h4-7,11-12H,1-3H3,(H,17,21)(H,22,23)/t11-,12+/m0/s1. The molecule has 1 fully saturated rings. The van der Waals surface area contributed by atoms with E-state index in [2.05, 4.69) is 20.8 Å². The average molecular weight is 331 g/mol. The van der Waals surface area contributed by atoms with Gasteiger partial charge in [-0.05, 0) is 28.0 Å². The number of methoxy groups -OCH3 is 1. The molecule has 126 valence electrons. The Hall–Kier alpha value is -2.97. The molecule has 9 nitrogen and oxygen atoms in total. The third-order valence-corrected chi connectivity index (χ3v) is 4.42. The van der Waals surface area contributed by atoms with Crippen LogP contribution in [0.1, 0.15) is 13.8 Å². The largest absolute Gasteiger partial charge is 0.494 e. The molecule has 2 atom stereocenters. The van der Waals surface area contributed by atoms with Crippen LogP contribution in [0.4, 0.5) is 5.69 Å². The van der Waals surface area contributed by atoms with Crippen molar-refractivity contribution in [3.05, 3.63) is 24.5 Å². The molecule has 1 amide bonds. The fraction of sp³-hybridized carbons (Fsp3) is 0.400. The van der Waals surface area contributed by atoms with Crippen molar-refractivity contribution in [2.24, 2.45) is 17.3 Å². The molecule has 0 unspecified atom stereocenters. The molecule has 1 aliphatic carbocycles. The highest BCUT2D eigenvalue weighted by Gasteiger charge is 2.65. The summed E-state index contributed by atoms with van der Waals surface area (Å²) in [6.45, 7) is 3.55. The maximum Gasteiger partial charge on any atom is 0.307 e. The van der Waals surface area contributed by atoms with E-state index in [1.807, 2.05) is 0 Å². The number of amides is 1. The number of hydrogen-bond donors (Lipinski definition) is 2. The predicted molar refractivity (Wildman–Crippen MR) is 82.7 cm³/mol. The molecule has 1 aromatic heterocycles. The Balaban J connectivity index is 1.79. The van der Waals surface area contributed by atoms with Crippen molar-refractivity contribution in [3.63, 3.8) is 0 Å². The lowest BCUT2D eigenvalue weighted by Crippen LogP contribution is -2.17. The Morgan fingerprint density at radius 1 is 1.33 bits per heavy atom. The summed E-state index contributed by atoms with van der Waals surface area (Å²) >= 11 is 0. The van der Waals surface area contributed by atoms with Gasteiger partial charge in [-0.25, -0.2) is 0 Å². The molecular formula is C15H17N5O4. The number of anilines is 1. The number of nitrogens with one attached hydrogen (secondary N) is 1. The molecule has 1 heterocycles. The lowest BCUT2D eigenvalue weighted by Gasteiger charge is -2.11. The van der Waals surface area contributed by atoms with Crippen molar-refractivity contribution >= 4 is 17.6 Å². The molecule has 2 N–H and O–H groups in total. The maximum atomic E-state index is 12.4. The van der Waals surface area contributed by atoms with E-state index in [-0.39, 0.29) is 5.91 Å². The van der Waals surface area contributed by atoms with Crippen molar-refractivity contribution in [2.45, 2.75) is 13.8 Å². The molecule has 1 aliphatic rings. The number of carbonyl (C=O) groups is 2. The second-order valence-electron chi connectivity index (χ2n) is 6.25. The first-order valence-electron chi connectivity index (χ1n) is 7.31. The lowest BCUT2D eigenvalue weighted by molar-refractivity contribution is -0.140. The summed E-state index contributed by atoms with van der Waals surface area (Å²) in [6, 6.07) is 5.03. The third-order valence-electron chi connectivity index (χ3n) is 4.42. The Morgan fingerprint density at radius 2 is 2.08 bits per heavy atom. The molecule has 0 spiro atoms. The zero-order valence-electron chi connectivity index (χ0n) is 13.4. The van der Waals surface area contributed by atoms with E-state index in [4.69, 9.17) is 4.74 Å². The summed E-state index contributed by atoms with van der Waals surface area (Å²) in [5, 5.41) is 22.9. The van der Waals surface area contributed by atoms with E-state index < -0.39 is 23.2 Å². The van der Waals surface area contributed by atoms with Gasteiger partial charge in [0.15, 0.2) is 0 Å². The highest BCUT2D eigenvalue weighted by atomic mass is 16.5. The Bertz CT molecular complexity index is 787. The highest BCUT2D eigenvalue weighted by Crippen LogP contribution is 2.58. The number of carboxylic acids is 1. The van der Waals surface area contributed by atoms with Gasteiger partial charge >= 0.3 is 5.97 Å². The molecule has 9 heteroatoms. The van der Waals surface area contributed by atoms with E-state index in [1.54, 1.807) is 32.0 Å². The van der Waals surface area contributed by atoms with Gasteiger partial charge in [-0.1, -0.05) is 13.8 Å². The van der Waals surface area contributed by atoms with Gasteiger partial charge in [0.25, 0.3) is 0 Å². The number of aromatic nitrogens is 4. The van der Waals surface area contributed by atoms with Crippen molar-refractivity contribution in [2.75, 3.05) is 12.4 Å². The van der Waals surface area contributed by atoms with Crippen LogP contribution in [0.15, 0.2) is 24.5 Å². The fourth-order valence-corrected chi connectivity index (χ4v) is 3.02. The number of benzene rings is 1. The molecule has 1 saturated carbocycles. The van der Waals surface area contributed by atoms with Crippen LogP contribution in [0.3, 0.4) is 0 Å². The third kappa shape index (κ3) is 2.57. The molecule has 1 aromatic carbocycles. The molecule has 0 saturated heterocycles. The second-order valence-corrected chi connectivity index (χ2v) is 6.25. The van der Waals surface area contributed by atoms with Gasteiger partial charge in [-0.3, -0.25) is 9.59 Å². The number of ether oxygens (including phenoxy) is 1. The first kappa shape index (κ1) is 15.9. The Labute approximate surface area is 137 Å². The Morgan fingerprint density at radius 3 is 2.62 bits per heavy atom. The minimum atomic E-state index is -0.952. The van der Waals surface area contributed by atoms with Crippen LogP contribution in [-0.4, -0.2) is 44.3 Å². The molecule has 0 radical (unpaired) electrons. The second kappa shape index (κ2) is 5.59. The topological polar surface area (TPSA) is 119 Å². The summed E-state index contributed by atoms with van der Waals surface area (Å²) in [6.07, 6.45) is 1.43. The average Bonchev–Trinajstić information content (AvgIpc) is 2.89. The highest BCUT2D eigenvalue weighted by molar-refractivity contribution is 5.99. The van der Waals surface area contributed by atoms with E-state index in [0.29, 0.717) is 17.1 Å². The Kier molecular flexibility index (Phi) is 3.70. The van der Waals surface area contributed by atoms with E-state index in [0.717, 1.165) is 0 Å². The number of carbonyl (C=O) groups excluding carboxylic acids is 1. The fourth-order valence-electron chi connectivity index (χ4n) is 3.02. The van der Waals surface area contributed by atoms with Gasteiger partial charge in [0, 0.05) is 11.8 Å². The first-order valence-corrected chi connectivity index (χ1v) is 7.31. The quantitative estimate of drug-likeness (QED) is 0.837. The van der Waals surface area contributed by atoms with E-state index >= 15 is 0 Å². The van der Waals surface area contributed by atoms with E-state index in [9.17, 15) is 14.7 Å². The normalized spacial score (nSPS) is 21.1. The smallest absolute Gasteiger partial charge is 0.307 e. The van der Waals surface area contributed by atoms with Crippen LogP contribution >= 0.6 is 0 Å². The molecule has 0 aliphatic heterocycles. The van der Waals surface area contributed by atoms with Gasteiger partial charge in [-0.2, -0.15) is 4.68 Å². The van der Waals surface area contributed by atoms with Gasteiger partial charge in [-0.15, -0.1) is 5.10 Å². The summed E-state index contributed by atoms with van der Waals surface area (Å²) in [7, 11) is 1.50. The number of hydrogen-bond acceptors (Lipinski definition) is 6. The maximum absolute atomic E-state index is 12.4. The van der Waals surface area contributed by atoms with Crippen molar-refractivity contribution in [1.29, 1.82) is 0 Å². The summed E-state index contributed by atoms with van der Waals surface area (Å²) < 4.78 is 6.75. The van der Waals surface area contributed by atoms with E-state index in [1.165, 1.54) is 18.1 Å². The van der Waals surface area contributed by atoms with Crippen LogP contribution in [0.25, 0.3) is 5.69 Å². The summed E-state index contributed by atoms with van der Waals surface area (Å²) in [5.41, 5.74) is 0.586. The zero-order valence-corrected chi connectivity index (χ0v) is 13.4. The van der Waals surface area contributed by atoms with Crippen molar-refractivity contribution < 1.29 is 19.4 Å². The minimum Gasteiger partial charge on any atom is -0.494 e. The van der Waals surface area contributed by atoms with Crippen LogP contribution in [0.5, 0.6) is 5.75 Å². The van der Waals surface area contributed by atoms with Gasteiger partial charge in [0.1, 0.15) is 17.8 Å². The van der Waals surface area contributed by atoms with Crippen LogP contribution in [-0.2, 0) is 9.59 Å². The minimum absolute atomic E-state index is 0.315. The predicted octanol–water partition coefficient (Wildman–Crippen LogP) is 0.966. The van der Waals surface area contributed by atoms with Crippen LogP contribution in [0.2, 0.25) is 0 Å². The van der Waals surface area contributed by atoms with Gasteiger partial charge in [0.05, 0.1) is 18.9 Å². The lowest BCUT2D eigenvalue weighted by atomic mass is 10.1. The van der Waals surface area contributed by atoms with Crippen LogP contribution < -0.4 is 10.1 Å². The first-order chi connectivity index (χ1) is 11.4. The molecule has 3 rings (SSSR count). The SMILES string of the molecule is COc1cc(NC(=O)[C@@H]2[C@H](C(=O)O)C2(C)C)ccc1-n1cnnn1. The number of tetrazole rings is 1. The molecule has 2 aromatic rings. The molecule has 0 bridgehead atoms. The molecular weight excluding hydrogens is 314 g/mol. The van der Waals surface area contributed by atoms with Gasteiger partial charge in [0.2, 0.25) is 5.91 Å². The number of rotatable bonds is 5. The van der Waals surface area contributed by atoms with Crippen LogP contribution in [0, 0.1) is 17.3 Å². The summed E-state index contributed by atoms with van der Waals surface area (Å²) in [4.78, 5) is 23.6. The number of carboxylic acid groups (broad SMARTS) is 1. The molecule has 24 heavy (non-hydrogen) atoms. The monoisotopic (exact) mass is 331 g/mol. The van der Waals surface area contributed by atoms with Gasteiger partial charge < -0.3 is 15.2 Å². The van der Waals surface area contributed by atoms with Crippen molar-refractivity contribution in [3.8, 4) is 11.4 Å². The number of nitrogens with zero attached hydrogens (tertiary/aromatic N) is 4. The zero-order chi connectivity index (χ0) is 17.5.